The zero-order valence-corrected chi connectivity index (χ0v) is 10.8. The number of Topliss-reactive ketones (excluding diaryl/α,β-unsaturated/α-hetero) is 1. The molecular weight excluding hydrogens is 308 g/mol. The molecule has 0 aliphatic carbocycles. The lowest BCUT2D eigenvalue weighted by atomic mass is 10.1. The summed E-state index contributed by atoms with van der Waals surface area (Å²) in [5, 5.41) is 0. The van der Waals surface area contributed by atoms with Crippen molar-refractivity contribution in [3.8, 4) is 0 Å². The Labute approximate surface area is 100 Å². The van der Waals surface area contributed by atoms with Gasteiger partial charge in [0, 0.05) is 21.8 Å². The molecule has 0 radical (unpaired) electrons. The number of carbonyl (C=O) groups is 1. The standard InChI is InChI=1S/C11H10Br2O/c1-2-3-10(14)6-8-4-5-9(12)7-11(8)13/h2,4-5,7H,1,3,6H2. The molecule has 0 bridgehead atoms. The second-order valence-electron chi connectivity index (χ2n) is 2.94. The number of allylic oxidation sites excluding steroid dienone is 1. The summed E-state index contributed by atoms with van der Waals surface area (Å²) in [5.41, 5.74) is 1.01. The van der Waals surface area contributed by atoms with Crippen molar-refractivity contribution in [2.75, 3.05) is 0 Å². The number of ketones is 1. The smallest absolute Gasteiger partial charge is 0.141 e. The van der Waals surface area contributed by atoms with Gasteiger partial charge in [0.1, 0.15) is 5.78 Å². The SMILES string of the molecule is C=CCC(=O)Cc1ccc(Br)cc1Br. The van der Waals surface area contributed by atoms with Crippen LogP contribution in [0.2, 0.25) is 0 Å². The number of benzene rings is 1. The molecule has 74 valence electrons. The first-order chi connectivity index (χ1) is 6.63. The zero-order valence-electron chi connectivity index (χ0n) is 7.59. The van der Waals surface area contributed by atoms with Crippen molar-refractivity contribution in [3.05, 3.63) is 45.4 Å². The fourth-order valence-corrected chi connectivity index (χ4v) is 2.30. The van der Waals surface area contributed by atoms with Crippen molar-refractivity contribution >= 4 is 37.6 Å². The highest BCUT2D eigenvalue weighted by atomic mass is 79.9. The molecule has 0 aliphatic heterocycles. The lowest BCUT2D eigenvalue weighted by Gasteiger charge is -2.03. The fourth-order valence-electron chi connectivity index (χ4n) is 1.11. The van der Waals surface area contributed by atoms with Gasteiger partial charge in [-0.1, -0.05) is 44.0 Å². The lowest BCUT2D eigenvalue weighted by Crippen LogP contribution is -2.01. The molecule has 0 unspecified atom stereocenters. The van der Waals surface area contributed by atoms with Gasteiger partial charge in [-0.2, -0.15) is 0 Å². The summed E-state index contributed by atoms with van der Waals surface area (Å²) in [6.45, 7) is 3.54. The second-order valence-corrected chi connectivity index (χ2v) is 4.71. The maximum atomic E-state index is 11.3. The molecule has 1 nitrogen and oxygen atoms in total. The Kier molecular flexibility index (Phi) is 4.55. The predicted octanol–water partition coefficient (Wildman–Crippen LogP) is 3.90. The van der Waals surface area contributed by atoms with Crippen LogP contribution in [0.5, 0.6) is 0 Å². The Morgan fingerprint density at radius 1 is 1.43 bits per heavy atom. The summed E-state index contributed by atoms with van der Waals surface area (Å²) in [6, 6.07) is 5.81. The number of rotatable bonds is 4. The van der Waals surface area contributed by atoms with E-state index in [0.717, 1.165) is 14.5 Å². The van der Waals surface area contributed by atoms with E-state index < -0.39 is 0 Å². The summed E-state index contributed by atoms with van der Waals surface area (Å²) in [6.07, 6.45) is 2.53. The molecule has 0 aliphatic rings. The van der Waals surface area contributed by atoms with Crippen LogP contribution < -0.4 is 0 Å². The molecule has 0 amide bonds. The van der Waals surface area contributed by atoms with Crippen LogP contribution in [-0.2, 0) is 11.2 Å². The molecular formula is C11H10Br2O. The first-order valence-corrected chi connectivity index (χ1v) is 5.78. The van der Waals surface area contributed by atoms with Crippen molar-refractivity contribution < 1.29 is 4.79 Å². The van der Waals surface area contributed by atoms with E-state index in [1.165, 1.54) is 0 Å². The van der Waals surface area contributed by atoms with E-state index in [-0.39, 0.29) is 5.78 Å². The van der Waals surface area contributed by atoms with E-state index in [2.05, 4.69) is 38.4 Å². The second kappa shape index (κ2) is 5.47. The first kappa shape index (κ1) is 11.7. The third-order valence-corrected chi connectivity index (χ3v) is 3.01. The van der Waals surface area contributed by atoms with Crippen molar-refractivity contribution in [3.63, 3.8) is 0 Å². The number of carbonyl (C=O) groups excluding carboxylic acids is 1. The molecule has 0 fully saturated rings. The minimum Gasteiger partial charge on any atom is -0.299 e. The maximum Gasteiger partial charge on any atom is 0.141 e. The third kappa shape index (κ3) is 3.39. The Morgan fingerprint density at radius 2 is 2.14 bits per heavy atom. The summed E-state index contributed by atoms with van der Waals surface area (Å²) in [7, 11) is 0. The molecule has 1 aromatic carbocycles. The Bertz CT molecular complexity index is 358. The highest BCUT2D eigenvalue weighted by Gasteiger charge is 2.05. The summed E-state index contributed by atoms with van der Waals surface area (Å²) >= 11 is 6.78. The van der Waals surface area contributed by atoms with Gasteiger partial charge in [-0.3, -0.25) is 4.79 Å². The van der Waals surface area contributed by atoms with Crippen LogP contribution in [0.25, 0.3) is 0 Å². The van der Waals surface area contributed by atoms with Crippen LogP contribution in [0.4, 0.5) is 0 Å². The van der Waals surface area contributed by atoms with Gasteiger partial charge in [-0.05, 0) is 17.7 Å². The fraction of sp³-hybridized carbons (Fsp3) is 0.182. The average Bonchev–Trinajstić information content (AvgIpc) is 2.10. The summed E-state index contributed by atoms with van der Waals surface area (Å²) in [5.74, 6) is 0.183. The van der Waals surface area contributed by atoms with Gasteiger partial charge in [-0.25, -0.2) is 0 Å². The Morgan fingerprint density at radius 3 is 2.71 bits per heavy atom. The molecule has 1 rings (SSSR count). The minimum absolute atomic E-state index is 0.183. The largest absolute Gasteiger partial charge is 0.299 e. The number of hydrogen-bond acceptors (Lipinski definition) is 1. The summed E-state index contributed by atoms with van der Waals surface area (Å²) < 4.78 is 1.97. The van der Waals surface area contributed by atoms with Crippen molar-refractivity contribution in [2.24, 2.45) is 0 Å². The van der Waals surface area contributed by atoms with E-state index in [1.807, 2.05) is 18.2 Å². The number of halogens is 2. The monoisotopic (exact) mass is 316 g/mol. The molecule has 1 aromatic rings. The van der Waals surface area contributed by atoms with Gasteiger partial charge in [0.25, 0.3) is 0 Å². The van der Waals surface area contributed by atoms with E-state index in [0.29, 0.717) is 12.8 Å². The highest BCUT2D eigenvalue weighted by Crippen LogP contribution is 2.22. The normalized spacial score (nSPS) is 9.86. The molecule has 0 heterocycles. The van der Waals surface area contributed by atoms with Gasteiger partial charge < -0.3 is 0 Å². The zero-order chi connectivity index (χ0) is 10.6. The van der Waals surface area contributed by atoms with E-state index in [1.54, 1.807) is 6.08 Å². The first-order valence-electron chi connectivity index (χ1n) is 4.20. The van der Waals surface area contributed by atoms with Crippen LogP contribution in [0.1, 0.15) is 12.0 Å². The molecule has 0 N–H and O–H groups in total. The van der Waals surface area contributed by atoms with Crippen LogP contribution >= 0.6 is 31.9 Å². The molecule has 14 heavy (non-hydrogen) atoms. The maximum absolute atomic E-state index is 11.3. The summed E-state index contributed by atoms with van der Waals surface area (Å²) in [4.78, 5) is 11.3. The van der Waals surface area contributed by atoms with Crippen molar-refractivity contribution in [2.45, 2.75) is 12.8 Å². The molecule has 0 saturated heterocycles. The van der Waals surface area contributed by atoms with E-state index >= 15 is 0 Å². The van der Waals surface area contributed by atoms with E-state index in [9.17, 15) is 4.79 Å². The van der Waals surface area contributed by atoms with Crippen molar-refractivity contribution in [1.29, 1.82) is 0 Å². The molecule has 0 saturated carbocycles. The van der Waals surface area contributed by atoms with Gasteiger partial charge >= 0.3 is 0 Å². The lowest BCUT2D eigenvalue weighted by molar-refractivity contribution is -0.117. The van der Waals surface area contributed by atoms with Crippen LogP contribution in [0, 0.1) is 0 Å². The van der Waals surface area contributed by atoms with Crippen LogP contribution in [-0.4, -0.2) is 5.78 Å². The van der Waals surface area contributed by atoms with Crippen LogP contribution in [0.15, 0.2) is 39.8 Å². The molecule has 0 aromatic heterocycles. The van der Waals surface area contributed by atoms with Crippen molar-refractivity contribution in [1.82, 2.24) is 0 Å². The van der Waals surface area contributed by atoms with Gasteiger partial charge in [-0.15, -0.1) is 6.58 Å². The van der Waals surface area contributed by atoms with E-state index in [4.69, 9.17) is 0 Å². The van der Waals surface area contributed by atoms with Gasteiger partial charge in [0.15, 0.2) is 0 Å². The Balaban J connectivity index is 2.76. The van der Waals surface area contributed by atoms with Gasteiger partial charge in [0.2, 0.25) is 0 Å². The van der Waals surface area contributed by atoms with Gasteiger partial charge in [0.05, 0.1) is 0 Å². The molecule has 0 spiro atoms. The third-order valence-electron chi connectivity index (χ3n) is 1.77. The Hall–Kier alpha value is -0.410. The average molecular weight is 318 g/mol. The molecule has 0 atom stereocenters. The topological polar surface area (TPSA) is 17.1 Å². The number of hydrogen-bond donors (Lipinski definition) is 0. The quantitative estimate of drug-likeness (QED) is 0.770. The highest BCUT2D eigenvalue weighted by molar-refractivity contribution is 9.11. The molecule has 3 heteroatoms. The van der Waals surface area contributed by atoms with Crippen LogP contribution in [0.3, 0.4) is 0 Å². The minimum atomic E-state index is 0.183. The predicted molar refractivity (Wildman–Crippen MR) is 65.4 cm³/mol.